The summed E-state index contributed by atoms with van der Waals surface area (Å²) >= 11 is 4.10. The first-order valence-electron chi connectivity index (χ1n) is 10.5. The van der Waals surface area contributed by atoms with Gasteiger partial charge in [0.25, 0.3) is 0 Å². The van der Waals surface area contributed by atoms with Crippen molar-refractivity contribution in [1.29, 1.82) is 0 Å². The minimum Gasteiger partial charge on any atom is -0.481 e. The number of thiol groups is 1. The Morgan fingerprint density at radius 1 is 1.06 bits per heavy atom. The van der Waals surface area contributed by atoms with Gasteiger partial charge in [-0.05, 0) is 45.1 Å². The highest BCUT2D eigenvalue weighted by molar-refractivity contribution is 7.80. The van der Waals surface area contributed by atoms with E-state index in [0.29, 0.717) is 32.2 Å². The lowest BCUT2D eigenvalue weighted by Gasteiger charge is -2.29. The number of carboxylic acid groups (broad SMARTS) is 2. The number of carbonyl (C=O) groups is 5. The van der Waals surface area contributed by atoms with Gasteiger partial charge in [0.15, 0.2) is 0 Å². The largest absolute Gasteiger partial charge is 0.481 e. The van der Waals surface area contributed by atoms with Crippen molar-refractivity contribution in [2.75, 3.05) is 18.8 Å². The highest BCUT2D eigenvalue weighted by atomic mass is 32.1. The number of hydrogen-bond acceptors (Lipinski definition) is 8. The van der Waals surface area contributed by atoms with Crippen molar-refractivity contribution in [3.05, 3.63) is 0 Å². The maximum Gasteiger partial charge on any atom is 0.326 e. The van der Waals surface area contributed by atoms with Crippen molar-refractivity contribution < 1.29 is 34.2 Å². The highest BCUT2D eigenvalue weighted by Gasteiger charge is 2.38. The predicted molar refractivity (Wildman–Crippen MR) is 118 cm³/mol. The number of rotatable bonds is 14. The zero-order valence-electron chi connectivity index (χ0n) is 17.9. The molecular weight excluding hydrogens is 442 g/mol. The van der Waals surface area contributed by atoms with E-state index in [1.807, 2.05) is 0 Å². The first-order chi connectivity index (χ1) is 15.1. The molecular formula is C19H33N5O7S. The molecule has 0 aromatic carbocycles. The van der Waals surface area contributed by atoms with Crippen LogP contribution in [0.5, 0.6) is 0 Å². The normalized spacial score (nSPS) is 18.5. The maximum absolute atomic E-state index is 13.0. The number of nitrogens with one attached hydrogen (secondary N) is 2. The molecule has 12 nitrogen and oxygen atoms in total. The third-order valence-corrected chi connectivity index (χ3v) is 5.57. The van der Waals surface area contributed by atoms with Crippen LogP contribution in [-0.2, 0) is 24.0 Å². The fraction of sp³-hybridized carbons (Fsp3) is 0.737. The number of aliphatic carboxylic acids is 2. The van der Waals surface area contributed by atoms with E-state index < -0.39 is 53.8 Å². The molecule has 0 aliphatic carbocycles. The molecule has 0 radical (unpaired) electrons. The van der Waals surface area contributed by atoms with Crippen molar-refractivity contribution in [3.8, 4) is 0 Å². The molecule has 1 heterocycles. The Morgan fingerprint density at radius 2 is 1.75 bits per heavy atom. The van der Waals surface area contributed by atoms with E-state index in [9.17, 15) is 29.1 Å². The quantitative estimate of drug-likeness (QED) is 0.113. The van der Waals surface area contributed by atoms with E-state index in [0.717, 1.165) is 0 Å². The molecule has 32 heavy (non-hydrogen) atoms. The smallest absolute Gasteiger partial charge is 0.326 e. The molecule has 0 bridgehead atoms. The Bertz CT molecular complexity index is 693. The Labute approximate surface area is 191 Å². The van der Waals surface area contributed by atoms with Crippen LogP contribution in [0, 0.1) is 0 Å². The van der Waals surface area contributed by atoms with Crippen LogP contribution in [0.15, 0.2) is 0 Å². The molecule has 1 aliphatic heterocycles. The summed E-state index contributed by atoms with van der Waals surface area (Å²) in [7, 11) is 0. The van der Waals surface area contributed by atoms with Gasteiger partial charge in [0, 0.05) is 18.7 Å². The van der Waals surface area contributed by atoms with Crippen molar-refractivity contribution in [3.63, 3.8) is 0 Å². The summed E-state index contributed by atoms with van der Waals surface area (Å²) in [6.45, 7) is 0.690. The van der Waals surface area contributed by atoms with Gasteiger partial charge >= 0.3 is 11.9 Å². The number of likely N-dealkylation sites (tertiary alicyclic amines) is 1. The van der Waals surface area contributed by atoms with E-state index in [1.165, 1.54) is 4.90 Å². The molecule has 4 unspecified atom stereocenters. The number of amides is 3. The topological polar surface area (TPSA) is 205 Å². The van der Waals surface area contributed by atoms with Crippen LogP contribution in [0.1, 0.15) is 44.9 Å². The van der Waals surface area contributed by atoms with Crippen LogP contribution in [0.25, 0.3) is 0 Å². The molecule has 4 atom stereocenters. The second-order valence-corrected chi connectivity index (χ2v) is 8.02. The highest BCUT2D eigenvalue weighted by Crippen LogP contribution is 2.19. The van der Waals surface area contributed by atoms with Gasteiger partial charge in [-0.3, -0.25) is 19.2 Å². The molecule has 1 rings (SSSR count). The molecule has 3 amide bonds. The summed E-state index contributed by atoms with van der Waals surface area (Å²) in [6.07, 6.45) is 1.91. The fourth-order valence-electron chi connectivity index (χ4n) is 3.40. The summed E-state index contributed by atoms with van der Waals surface area (Å²) in [5.74, 6) is -4.11. The molecule has 0 aromatic heterocycles. The van der Waals surface area contributed by atoms with Gasteiger partial charge in [0.1, 0.15) is 18.1 Å². The fourth-order valence-corrected chi connectivity index (χ4v) is 3.64. The zero-order valence-corrected chi connectivity index (χ0v) is 18.8. The van der Waals surface area contributed by atoms with Crippen LogP contribution in [-0.4, -0.2) is 87.8 Å². The van der Waals surface area contributed by atoms with Gasteiger partial charge in [-0.1, -0.05) is 0 Å². The molecule has 1 aliphatic rings. The standard InChI is InChI=1S/C19H33N5O7S/c20-8-2-1-4-12(19(30)31)22-17(28)14-5-3-9-24(14)18(29)13(10-32)23-16(27)11(21)6-7-15(25)26/h11-14,32H,1-10,20-21H2,(H,22,28)(H,23,27)(H,25,26)(H,30,31). The van der Waals surface area contributed by atoms with E-state index in [2.05, 4.69) is 23.3 Å². The minimum absolute atomic E-state index is 0.0576. The summed E-state index contributed by atoms with van der Waals surface area (Å²) in [5.41, 5.74) is 11.1. The Morgan fingerprint density at radius 3 is 2.31 bits per heavy atom. The Balaban J connectivity index is 2.76. The monoisotopic (exact) mass is 475 g/mol. The lowest BCUT2D eigenvalue weighted by Crippen LogP contribution is -2.57. The first kappa shape index (κ1) is 27.7. The van der Waals surface area contributed by atoms with E-state index in [4.69, 9.17) is 16.6 Å². The van der Waals surface area contributed by atoms with Gasteiger partial charge in [-0.2, -0.15) is 12.6 Å². The average molecular weight is 476 g/mol. The number of unbranched alkanes of at least 4 members (excludes halogenated alkanes) is 1. The number of carboxylic acids is 2. The summed E-state index contributed by atoms with van der Waals surface area (Å²) in [5, 5.41) is 23.0. The van der Waals surface area contributed by atoms with E-state index in [1.54, 1.807) is 0 Å². The van der Waals surface area contributed by atoms with Gasteiger partial charge in [0.2, 0.25) is 17.7 Å². The molecule has 0 spiro atoms. The van der Waals surface area contributed by atoms with Crippen LogP contribution in [0.3, 0.4) is 0 Å². The predicted octanol–water partition coefficient (Wildman–Crippen LogP) is -1.72. The van der Waals surface area contributed by atoms with Crippen LogP contribution < -0.4 is 22.1 Å². The van der Waals surface area contributed by atoms with Crippen LogP contribution in [0.4, 0.5) is 0 Å². The lowest BCUT2D eigenvalue weighted by molar-refractivity contribution is -0.145. The SMILES string of the molecule is NCCCCC(NC(=O)C1CCCN1C(=O)C(CS)NC(=O)C(N)CCC(=O)O)C(=O)O. The first-order valence-corrected chi connectivity index (χ1v) is 11.2. The van der Waals surface area contributed by atoms with Gasteiger partial charge in [0.05, 0.1) is 6.04 Å². The van der Waals surface area contributed by atoms with Crippen molar-refractivity contribution in [1.82, 2.24) is 15.5 Å². The molecule has 1 fully saturated rings. The number of nitrogens with zero attached hydrogens (tertiary/aromatic N) is 1. The van der Waals surface area contributed by atoms with E-state index in [-0.39, 0.29) is 31.6 Å². The lowest BCUT2D eigenvalue weighted by atomic mass is 10.1. The summed E-state index contributed by atoms with van der Waals surface area (Å²) < 4.78 is 0. The number of hydrogen-bond donors (Lipinski definition) is 7. The van der Waals surface area contributed by atoms with Gasteiger partial charge in [-0.15, -0.1) is 0 Å². The number of nitrogens with two attached hydrogens (primary N) is 2. The minimum atomic E-state index is -1.16. The molecule has 0 aromatic rings. The third kappa shape index (κ3) is 8.63. The van der Waals surface area contributed by atoms with Gasteiger partial charge < -0.3 is 37.2 Å². The molecule has 182 valence electrons. The van der Waals surface area contributed by atoms with Crippen molar-refractivity contribution >= 4 is 42.3 Å². The molecule has 8 N–H and O–H groups in total. The second-order valence-electron chi connectivity index (χ2n) is 7.66. The van der Waals surface area contributed by atoms with Crippen molar-refractivity contribution in [2.45, 2.75) is 69.1 Å². The molecule has 13 heteroatoms. The Kier molecular flexibility index (Phi) is 12.0. The van der Waals surface area contributed by atoms with Crippen LogP contribution in [0.2, 0.25) is 0 Å². The second kappa shape index (κ2) is 13.9. The van der Waals surface area contributed by atoms with Crippen LogP contribution >= 0.6 is 12.6 Å². The molecule has 1 saturated heterocycles. The molecule has 0 saturated carbocycles. The Hall–Kier alpha value is -2.38. The number of carbonyl (C=O) groups excluding carboxylic acids is 3. The van der Waals surface area contributed by atoms with Crippen molar-refractivity contribution in [2.24, 2.45) is 11.5 Å². The third-order valence-electron chi connectivity index (χ3n) is 5.20. The zero-order chi connectivity index (χ0) is 24.3. The summed E-state index contributed by atoms with van der Waals surface area (Å²) in [6, 6.07) is -4.11. The van der Waals surface area contributed by atoms with Gasteiger partial charge in [-0.25, -0.2) is 4.79 Å². The summed E-state index contributed by atoms with van der Waals surface area (Å²) in [4.78, 5) is 61.3. The average Bonchev–Trinajstić information content (AvgIpc) is 3.24. The maximum atomic E-state index is 13.0. The van der Waals surface area contributed by atoms with E-state index >= 15 is 0 Å².